The van der Waals surface area contributed by atoms with Crippen molar-refractivity contribution in [1.29, 1.82) is 0 Å². The molecule has 11 rings (SSSR count). The molecular formula is C43H25N7S. The zero-order valence-corrected chi connectivity index (χ0v) is 27.8. The highest BCUT2D eigenvalue weighted by molar-refractivity contribution is 7.26. The summed E-state index contributed by atoms with van der Waals surface area (Å²) in [5.74, 6) is 0.900. The van der Waals surface area contributed by atoms with Crippen LogP contribution in [0.5, 0.6) is 0 Å². The fourth-order valence-electron chi connectivity index (χ4n) is 7.53. The van der Waals surface area contributed by atoms with Gasteiger partial charge in [-0.3, -0.25) is 24.5 Å². The summed E-state index contributed by atoms with van der Waals surface area (Å²) >= 11 is 1.77. The molecule has 8 heteroatoms. The van der Waals surface area contributed by atoms with Crippen molar-refractivity contribution >= 4 is 75.1 Å². The Morgan fingerprint density at radius 2 is 1.00 bits per heavy atom. The van der Waals surface area contributed by atoms with Gasteiger partial charge < -0.3 is 4.57 Å². The monoisotopic (exact) mass is 671 g/mol. The molecule has 0 aliphatic heterocycles. The number of benzene rings is 3. The van der Waals surface area contributed by atoms with E-state index in [1.807, 2.05) is 61.2 Å². The third kappa shape index (κ3) is 4.20. The first-order valence-corrected chi connectivity index (χ1v) is 17.5. The van der Waals surface area contributed by atoms with Crippen LogP contribution in [0.1, 0.15) is 0 Å². The fraction of sp³-hybridized carbons (Fsp3) is 0. The number of rotatable bonds is 4. The molecule has 238 valence electrons. The molecule has 7 nitrogen and oxygen atoms in total. The van der Waals surface area contributed by atoms with Crippen LogP contribution in [-0.4, -0.2) is 34.1 Å². The van der Waals surface area contributed by atoms with Crippen LogP contribution in [0.2, 0.25) is 0 Å². The molecule has 0 amide bonds. The summed E-state index contributed by atoms with van der Waals surface area (Å²) in [4.78, 5) is 23.9. The Morgan fingerprint density at radius 3 is 1.65 bits per heavy atom. The lowest BCUT2D eigenvalue weighted by Crippen LogP contribution is -1.98. The molecule has 0 atom stereocenters. The van der Waals surface area contributed by atoms with Crippen molar-refractivity contribution < 1.29 is 0 Å². The largest absolute Gasteiger partial charge is 0.308 e. The molecule has 51 heavy (non-hydrogen) atoms. The van der Waals surface area contributed by atoms with Crippen LogP contribution in [0, 0.1) is 0 Å². The Hall–Kier alpha value is -6.77. The highest BCUT2D eigenvalue weighted by Gasteiger charge is 2.20. The van der Waals surface area contributed by atoms with E-state index in [1.165, 1.54) is 20.9 Å². The summed E-state index contributed by atoms with van der Waals surface area (Å²) in [7, 11) is 0. The van der Waals surface area contributed by atoms with Gasteiger partial charge in [0.1, 0.15) is 0 Å². The van der Waals surface area contributed by atoms with Crippen molar-refractivity contribution in [3.05, 3.63) is 152 Å². The molecule has 11 aromatic rings. The smallest absolute Gasteiger partial charge is 0.155 e. The number of hydrogen-bond acceptors (Lipinski definition) is 6. The Kier molecular flexibility index (Phi) is 5.99. The van der Waals surface area contributed by atoms with Gasteiger partial charge in [-0.1, -0.05) is 48.5 Å². The lowest BCUT2D eigenvalue weighted by atomic mass is 10.1. The molecule has 8 aromatic heterocycles. The van der Waals surface area contributed by atoms with Crippen LogP contribution < -0.4 is 0 Å². The molecule has 0 bridgehead atoms. The predicted octanol–water partition coefficient (Wildman–Crippen LogP) is 10.6. The first kappa shape index (κ1) is 28.1. The maximum absolute atomic E-state index is 5.03. The maximum Gasteiger partial charge on any atom is 0.155 e. The van der Waals surface area contributed by atoms with Crippen molar-refractivity contribution in [3.63, 3.8) is 0 Å². The normalized spacial score (nSPS) is 11.9. The van der Waals surface area contributed by atoms with Crippen LogP contribution in [0.15, 0.2) is 152 Å². The predicted molar refractivity (Wildman–Crippen MR) is 208 cm³/mol. The zero-order chi connectivity index (χ0) is 33.5. The lowest BCUT2D eigenvalue weighted by Gasteiger charge is -2.09. The lowest BCUT2D eigenvalue weighted by molar-refractivity contribution is 1.10. The van der Waals surface area contributed by atoms with E-state index in [0.717, 1.165) is 77.2 Å². The van der Waals surface area contributed by atoms with E-state index in [2.05, 4.69) is 104 Å². The van der Waals surface area contributed by atoms with Crippen molar-refractivity contribution in [2.45, 2.75) is 0 Å². The Morgan fingerprint density at radius 1 is 0.392 bits per heavy atom. The molecule has 0 spiro atoms. The van der Waals surface area contributed by atoms with Gasteiger partial charge in [0.25, 0.3) is 0 Å². The molecule has 0 aliphatic carbocycles. The standard InChI is InChI=1S/C43H25N7S/c1-3-13-37-27(9-1)30-22-35(33-11-5-7-18-44-33)47-24-39(30)49(37)26-15-16-41-32(21-26)29-17-20-46-43(42(29)51-41)50-38-14-4-2-10-28(38)31-23-36(48-25-40(31)50)34-12-6-8-19-45-34/h1-25H. The van der Waals surface area contributed by atoms with Crippen LogP contribution in [0.3, 0.4) is 0 Å². The highest BCUT2D eigenvalue weighted by atomic mass is 32.1. The van der Waals surface area contributed by atoms with Crippen LogP contribution >= 0.6 is 11.3 Å². The quantitative estimate of drug-likeness (QED) is 0.186. The first-order chi connectivity index (χ1) is 25.3. The van der Waals surface area contributed by atoms with Gasteiger partial charge in [-0.05, 0) is 72.8 Å². The number of hydrogen-bond donors (Lipinski definition) is 0. The minimum atomic E-state index is 0.847. The van der Waals surface area contributed by atoms with E-state index in [1.54, 1.807) is 17.5 Å². The number of para-hydroxylation sites is 2. The third-order valence-corrected chi connectivity index (χ3v) is 11.0. The summed E-state index contributed by atoms with van der Waals surface area (Å²) < 4.78 is 6.92. The van der Waals surface area contributed by atoms with Gasteiger partial charge in [0, 0.05) is 61.3 Å². The molecule has 0 N–H and O–H groups in total. The van der Waals surface area contributed by atoms with Gasteiger partial charge in [-0.25, -0.2) is 4.98 Å². The average Bonchev–Trinajstić information content (AvgIpc) is 3.85. The van der Waals surface area contributed by atoms with E-state index >= 15 is 0 Å². The van der Waals surface area contributed by atoms with Crippen LogP contribution in [0.25, 0.3) is 98.1 Å². The molecule has 0 saturated heterocycles. The van der Waals surface area contributed by atoms with E-state index in [-0.39, 0.29) is 0 Å². The number of aromatic nitrogens is 7. The Balaban J connectivity index is 1.11. The van der Waals surface area contributed by atoms with Gasteiger partial charge in [0.05, 0.1) is 61.9 Å². The molecule has 0 aliphatic rings. The summed E-state index contributed by atoms with van der Waals surface area (Å²) in [6.07, 6.45) is 9.48. The molecule has 0 fully saturated rings. The van der Waals surface area contributed by atoms with Crippen LogP contribution in [-0.2, 0) is 0 Å². The molecule has 3 aromatic carbocycles. The van der Waals surface area contributed by atoms with E-state index in [9.17, 15) is 0 Å². The second-order valence-corrected chi connectivity index (χ2v) is 13.7. The Bertz CT molecular complexity index is 3140. The van der Waals surface area contributed by atoms with Gasteiger partial charge in [-0.2, -0.15) is 0 Å². The molecule has 0 radical (unpaired) electrons. The summed E-state index contributed by atoms with van der Waals surface area (Å²) in [5, 5.41) is 6.96. The summed E-state index contributed by atoms with van der Waals surface area (Å²) in [6.45, 7) is 0. The second kappa shape index (κ2) is 10.9. The Labute approximate surface area is 294 Å². The minimum Gasteiger partial charge on any atom is -0.308 e. The van der Waals surface area contributed by atoms with Gasteiger partial charge in [0.15, 0.2) is 5.82 Å². The van der Waals surface area contributed by atoms with Gasteiger partial charge in [0.2, 0.25) is 0 Å². The topological polar surface area (TPSA) is 74.3 Å². The zero-order valence-electron chi connectivity index (χ0n) is 27.0. The molecule has 0 unspecified atom stereocenters. The number of pyridine rings is 5. The van der Waals surface area contributed by atoms with Crippen molar-refractivity contribution in [3.8, 4) is 34.3 Å². The fourth-order valence-corrected chi connectivity index (χ4v) is 8.69. The average molecular weight is 672 g/mol. The van der Waals surface area contributed by atoms with Crippen molar-refractivity contribution in [2.75, 3.05) is 0 Å². The van der Waals surface area contributed by atoms with E-state index in [4.69, 9.17) is 15.0 Å². The molecule has 0 saturated carbocycles. The minimum absolute atomic E-state index is 0.847. The van der Waals surface area contributed by atoms with E-state index < -0.39 is 0 Å². The SMILES string of the molecule is c1ccc(-c2cc3c4ccccc4n(-c4ccc5sc6c(-n7c8ccccc8c8cc(-c9ccccn9)ncc87)nccc6c5c4)c3cn2)nc1. The number of fused-ring (bicyclic) bond motifs is 9. The molecular weight excluding hydrogens is 647 g/mol. The van der Waals surface area contributed by atoms with Crippen LogP contribution in [0.4, 0.5) is 0 Å². The maximum atomic E-state index is 5.03. The highest BCUT2D eigenvalue weighted by Crippen LogP contribution is 2.42. The number of thiophene rings is 1. The van der Waals surface area contributed by atoms with Gasteiger partial charge in [-0.15, -0.1) is 11.3 Å². The summed E-state index contributed by atoms with van der Waals surface area (Å²) in [5.41, 5.74) is 8.80. The molecule has 8 heterocycles. The third-order valence-electron chi connectivity index (χ3n) is 9.79. The number of nitrogens with zero attached hydrogens (tertiary/aromatic N) is 7. The van der Waals surface area contributed by atoms with Crippen molar-refractivity contribution in [2.24, 2.45) is 0 Å². The van der Waals surface area contributed by atoms with Gasteiger partial charge >= 0.3 is 0 Å². The first-order valence-electron chi connectivity index (χ1n) is 16.7. The summed E-state index contributed by atoms with van der Waals surface area (Å²) in [6, 6.07) is 42.1. The second-order valence-electron chi connectivity index (χ2n) is 12.6. The van der Waals surface area contributed by atoms with Crippen molar-refractivity contribution in [1.82, 2.24) is 34.1 Å². The van der Waals surface area contributed by atoms with E-state index in [0.29, 0.717) is 0 Å².